The number of sulfonamides is 1. The van der Waals surface area contributed by atoms with Crippen molar-refractivity contribution in [2.24, 2.45) is 5.41 Å². The molecule has 1 saturated carbocycles. The molecule has 2 fully saturated rings. The molecule has 0 bridgehead atoms. The molecular weight excluding hydrogens is 440 g/mol. The third-order valence-electron chi connectivity index (χ3n) is 7.15. The Bertz CT molecular complexity index is 1050. The number of rotatable bonds is 6. The monoisotopic (exact) mass is 474 g/mol. The van der Waals surface area contributed by atoms with Crippen molar-refractivity contribution in [3.8, 4) is 0 Å². The zero-order valence-corrected chi connectivity index (χ0v) is 20.6. The van der Waals surface area contributed by atoms with Gasteiger partial charge in [-0.1, -0.05) is 31.5 Å². The summed E-state index contributed by atoms with van der Waals surface area (Å²) in [5, 5.41) is 2.56. The van der Waals surface area contributed by atoms with Gasteiger partial charge in [0.15, 0.2) is 0 Å². The zero-order valence-electron chi connectivity index (χ0n) is 19.8. The summed E-state index contributed by atoms with van der Waals surface area (Å²) in [4.78, 5) is 30.3. The Hall–Kier alpha value is -2.39. The van der Waals surface area contributed by atoms with Crippen LogP contribution >= 0.6 is 0 Å². The van der Waals surface area contributed by atoms with Gasteiger partial charge in [-0.2, -0.15) is 0 Å². The molecule has 0 aromatic heterocycles. The minimum atomic E-state index is -3.98. The molecule has 4 rings (SSSR count). The lowest BCUT2D eigenvalue weighted by Crippen LogP contribution is -2.58. The molecule has 1 saturated heterocycles. The van der Waals surface area contributed by atoms with E-state index in [-0.39, 0.29) is 28.7 Å². The van der Waals surface area contributed by atoms with Gasteiger partial charge in [-0.15, -0.1) is 0 Å². The van der Waals surface area contributed by atoms with Crippen LogP contribution < -0.4 is 5.32 Å². The Morgan fingerprint density at radius 3 is 2.45 bits per heavy atom. The topological polar surface area (TPSA) is 90.0 Å². The molecule has 3 aliphatic rings. The Kier molecular flexibility index (Phi) is 6.30. The summed E-state index contributed by atoms with van der Waals surface area (Å²) in [6.45, 7) is 8.12. The van der Waals surface area contributed by atoms with Crippen molar-refractivity contribution in [1.82, 2.24) is 19.4 Å². The van der Waals surface area contributed by atoms with Crippen LogP contribution in [-0.4, -0.2) is 72.6 Å². The van der Waals surface area contributed by atoms with Gasteiger partial charge in [0.05, 0.1) is 11.3 Å². The number of nitrogens with zero attached hydrogens (tertiary/aromatic N) is 3. The van der Waals surface area contributed by atoms with Crippen LogP contribution in [-0.2, 0) is 19.6 Å². The minimum Gasteiger partial charge on any atom is -0.342 e. The van der Waals surface area contributed by atoms with Crippen molar-refractivity contribution in [3.05, 3.63) is 42.2 Å². The van der Waals surface area contributed by atoms with Crippen LogP contribution in [0.25, 0.3) is 0 Å². The fraction of sp³-hybridized carbons (Fsp3) is 0.583. The summed E-state index contributed by atoms with van der Waals surface area (Å²) in [6.07, 6.45) is 5.79. The summed E-state index contributed by atoms with van der Waals surface area (Å²) < 4.78 is 27.6. The first-order chi connectivity index (χ1) is 15.5. The maximum absolute atomic E-state index is 13.3. The second-order valence-electron chi connectivity index (χ2n) is 10.2. The second-order valence-corrected chi connectivity index (χ2v) is 12.0. The molecule has 2 heterocycles. The van der Waals surface area contributed by atoms with E-state index in [2.05, 4.69) is 24.1 Å². The second kappa shape index (κ2) is 8.76. The molecule has 0 radical (unpaired) electrons. The molecule has 9 heteroatoms. The van der Waals surface area contributed by atoms with Crippen LogP contribution in [0.2, 0.25) is 0 Å². The van der Waals surface area contributed by atoms with Gasteiger partial charge in [0.1, 0.15) is 6.04 Å². The number of nitrogens with one attached hydrogen (secondary N) is 1. The van der Waals surface area contributed by atoms with E-state index in [1.807, 2.05) is 6.92 Å². The summed E-state index contributed by atoms with van der Waals surface area (Å²) in [7, 11) is -2.21. The summed E-state index contributed by atoms with van der Waals surface area (Å²) in [5.74, 6) is -0.731. The molecule has 1 aromatic carbocycles. The van der Waals surface area contributed by atoms with E-state index in [0.717, 1.165) is 29.4 Å². The Morgan fingerprint density at radius 2 is 1.85 bits per heavy atom. The SMILES string of the molecule is Cc1ccc(S(=O)(=O)N2C=CNC(=O)[C@H]2CC(=O)N(C)C2CCN(C3CC3)CC2(C)C)cc1. The first-order valence-electron chi connectivity index (χ1n) is 11.6. The normalized spacial score (nSPS) is 25.6. The molecule has 1 unspecified atom stereocenters. The van der Waals surface area contributed by atoms with Crippen LogP contribution in [0.15, 0.2) is 41.6 Å². The molecule has 33 heavy (non-hydrogen) atoms. The lowest BCUT2D eigenvalue weighted by molar-refractivity contribution is -0.140. The average Bonchev–Trinajstić information content (AvgIpc) is 3.59. The third-order valence-corrected chi connectivity index (χ3v) is 8.95. The fourth-order valence-corrected chi connectivity index (χ4v) is 6.56. The van der Waals surface area contributed by atoms with Crippen molar-refractivity contribution >= 4 is 21.8 Å². The van der Waals surface area contributed by atoms with Crippen molar-refractivity contribution in [2.45, 2.75) is 69.5 Å². The molecule has 2 aliphatic heterocycles. The van der Waals surface area contributed by atoms with Crippen molar-refractivity contribution < 1.29 is 18.0 Å². The van der Waals surface area contributed by atoms with Gasteiger partial charge in [-0.3, -0.25) is 18.8 Å². The van der Waals surface area contributed by atoms with Gasteiger partial charge in [-0.25, -0.2) is 8.42 Å². The number of hydrogen-bond acceptors (Lipinski definition) is 5. The number of piperidine rings is 1. The number of hydrogen-bond donors (Lipinski definition) is 1. The van der Waals surface area contributed by atoms with Gasteiger partial charge in [-0.05, 0) is 43.7 Å². The summed E-state index contributed by atoms with van der Waals surface area (Å²) in [6, 6.07) is 6.05. The van der Waals surface area contributed by atoms with Crippen molar-refractivity contribution in [2.75, 3.05) is 20.1 Å². The van der Waals surface area contributed by atoms with Crippen LogP contribution in [0.1, 0.15) is 45.1 Å². The van der Waals surface area contributed by atoms with Gasteiger partial charge < -0.3 is 10.2 Å². The van der Waals surface area contributed by atoms with E-state index in [0.29, 0.717) is 6.04 Å². The first-order valence-corrected chi connectivity index (χ1v) is 13.0. The molecule has 180 valence electrons. The molecular formula is C24H34N4O4S. The van der Waals surface area contributed by atoms with Gasteiger partial charge >= 0.3 is 0 Å². The average molecular weight is 475 g/mol. The lowest BCUT2D eigenvalue weighted by atomic mass is 9.78. The summed E-state index contributed by atoms with van der Waals surface area (Å²) in [5.41, 5.74) is 0.845. The standard InChI is InChI=1S/C24H34N4O4S/c1-17-5-9-19(10-6-17)33(31,32)28-14-12-25-23(30)20(28)15-22(29)26(4)21-11-13-27(18-7-8-18)16-24(21,2)3/h5-6,9-10,12,14,18,20-21H,7-8,11,13,15-16H2,1-4H3,(H,25,30)/t20-,21?/m1/s1. The maximum atomic E-state index is 13.3. The number of carbonyl (C=O) groups excluding carboxylic acids is 2. The van der Waals surface area contributed by atoms with E-state index < -0.39 is 22.0 Å². The zero-order chi connectivity index (χ0) is 24.0. The number of benzene rings is 1. The number of likely N-dealkylation sites (tertiary alicyclic amines) is 1. The van der Waals surface area contributed by atoms with E-state index in [9.17, 15) is 18.0 Å². The maximum Gasteiger partial charge on any atom is 0.264 e. The van der Waals surface area contributed by atoms with E-state index >= 15 is 0 Å². The molecule has 0 spiro atoms. The number of aryl methyl sites for hydroxylation is 1. The Balaban J connectivity index is 1.51. The molecule has 8 nitrogen and oxygen atoms in total. The fourth-order valence-electron chi connectivity index (χ4n) is 5.11. The van der Waals surface area contributed by atoms with Crippen LogP contribution in [0, 0.1) is 12.3 Å². The quantitative estimate of drug-likeness (QED) is 0.682. The van der Waals surface area contributed by atoms with Gasteiger partial charge in [0.2, 0.25) is 11.8 Å². The van der Waals surface area contributed by atoms with Crippen LogP contribution in [0.4, 0.5) is 0 Å². The molecule has 1 aromatic rings. The molecule has 2 amide bonds. The van der Waals surface area contributed by atoms with Crippen molar-refractivity contribution in [1.29, 1.82) is 0 Å². The first kappa shape index (κ1) is 23.8. The van der Waals surface area contributed by atoms with Gasteiger partial charge in [0.25, 0.3) is 10.0 Å². The van der Waals surface area contributed by atoms with E-state index in [1.165, 1.54) is 37.4 Å². The highest BCUT2D eigenvalue weighted by atomic mass is 32.2. The van der Waals surface area contributed by atoms with Gasteiger partial charge in [0, 0.05) is 44.6 Å². The van der Waals surface area contributed by atoms with Crippen LogP contribution in [0.3, 0.4) is 0 Å². The van der Waals surface area contributed by atoms with Crippen LogP contribution in [0.5, 0.6) is 0 Å². The molecule has 2 atom stereocenters. The Labute approximate surface area is 196 Å². The largest absolute Gasteiger partial charge is 0.342 e. The van der Waals surface area contributed by atoms with E-state index in [4.69, 9.17) is 0 Å². The highest BCUT2D eigenvalue weighted by Crippen LogP contribution is 2.38. The predicted octanol–water partition coefficient (Wildman–Crippen LogP) is 2.07. The third kappa shape index (κ3) is 4.80. The number of carbonyl (C=O) groups is 2. The predicted molar refractivity (Wildman–Crippen MR) is 125 cm³/mol. The smallest absolute Gasteiger partial charge is 0.264 e. The number of amides is 2. The summed E-state index contributed by atoms with van der Waals surface area (Å²) >= 11 is 0. The van der Waals surface area contributed by atoms with E-state index in [1.54, 1.807) is 24.1 Å². The molecule has 1 N–H and O–H groups in total. The highest BCUT2D eigenvalue weighted by Gasteiger charge is 2.44. The molecule has 1 aliphatic carbocycles. The highest BCUT2D eigenvalue weighted by molar-refractivity contribution is 7.89. The minimum absolute atomic E-state index is 0.0318. The lowest BCUT2D eigenvalue weighted by Gasteiger charge is -2.48. The van der Waals surface area contributed by atoms with Crippen molar-refractivity contribution in [3.63, 3.8) is 0 Å². The Morgan fingerprint density at radius 1 is 1.18 bits per heavy atom.